The molecule has 18 heavy (non-hydrogen) atoms. The van der Waals surface area contributed by atoms with E-state index in [-0.39, 0.29) is 12.1 Å². The molecule has 0 heterocycles. The minimum Gasteiger partial charge on any atom is -0.462 e. The predicted molar refractivity (Wildman–Crippen MR) is 76.8 cm³/mol. The molecule has 0 aliphatic heterocycles. The summed E-state index contributed by atoms with van der Waals surface area (Å²) in [4.78, 5) is 11.7. The summed E-state index contributed by atoms with van der Waals surface area (Å²) in [5, 5.41) is 0. The maximum absolute atomic E-state index is 11.7. The predicted octanol–water partition coefficient (Wildman–Crippen LogP) is 4.03. The minimum atomic E-state index is 0.0308. The molecular weight excluding hydrogens is 244 g/mol. The summed E-state index contributed by atoms with van der Waals surface area (Å²) in [6.45, 7) is 0. The maximum Gasteiger partial charge on any atom is 0.306 e. The van der Waals surface area contributed by atoms with Gasteiger partial charge in [0.2, 0.25) is 0 Å². The van der Waals surface area contributed by atoms with Gasteiger partial charge in [0.1, 0.15) is 6.10 Å². The van der Waals surface area contributed by atoms with Crippen molar-refractivity contribution in [1.29, 1.82) is 0 Å². The first kappa shape index (κ1) is 14.2. The molecular formula is C15H26O2S. The Morgan fingerprint density at radius 3 is 2.72 bits per heavy atom. The Morgan fingerprint density at radius 1 is 1.17 bits per heavy atom. The van der Waals surface area contributed by atoms with Crippen LogP contribution in [-0.2, 0) is 9.53 Å². The lowest BCUT2D eigenvalue weighted by Gasteiger charge is -2.38. The Morgan fingerprint density at radius 2 is 1.94 bits per heavy atom. The van der Waals surface area contributed by atoms with Gasteiger partial charge in [-0.3, -0.25) is 4.79 Å². The highest BCUT2D eigenvalue weighted by Crippen LogP contribution is 2.41. The first-order valence-corrected chi connectivity index (χ1v) is 8.87. The van der Waals surface area contributed by atoms with Crippen LogP contribution >= 0.6 is 11.8 Å². The van der Waals surface area contributed by atoms with Crippen molar-refractivity contribution in [3.8, 4) is 0 Å². The van der Waals surface area contributed by atoms with Crippen molar-refractivity contribution in [3.63, 3.8) is 0 Å². The van der Waals surface area contributed by atoms with E-state index in [1.165, 1.54) is 32.1 Å². The van der Waals surface area contributed by atoms with Crippen LogP contribution in [0.1, 0.15) is 57.8 Å². The Bertz CT molecular complexity index is 267. The average Bonchev–Trinajstić information content (AvgIpc) is 2.39. The smallest absolute Gasteiger partial charge is 0.306 e. The number of rotatable bonds is 5. The summed E-state index contributed by atoms with van der Waals surface area (Å²) in [5.74, 6) is 2.87. The lowest BCUT2D eigenvalue weighted by Crippen LogP contribution is -2.33. The Kier molecular flexibility index (Phi) is 5.87. The fourth-order valence-electron chi connectivity index (χ4n) is 3.54. The normalized spacial score (nSPS) is 31.7. The van der Waals surface area contributed by atoms with Crippen molar-refractivity contribution in [3.05, 3.63) is 0 Å². The molecule has 3 heteroatoms. The Labute approximate surface area is 115 Å². The van der Waals surface area contributed by atoms with Crippen molar-refractivity contribution in [2.75, 3.05) is 12.0 Å². The van der Waals surface area contributed by atoms with Gasteiger partial charge in [-0.2, -0.15) is 11.8 Å². The number of hydrogen-bond donors (Lipinski definition) is 0. The van der Waals surface area contributed by atoms with E-state index in [0.717, 1.165) is 36.9 Å². The first-order chi connectivity index (χ1) is 8.79. The molecule has 0 bridgehead atoms. The molecule has 0 aromatic carbocycles. The highest BCUT2D eigenvalue weighted by Gasteiger charge is 2.33. The molecule has 2 fully saturated rings. The molecule has 0 aromatic rings. The van der Waals surface area contributed by atoms with Gasteiger partial charge in [0.25, 0.3) is 0 Å². The largest absolute Gasteiger partial charge is 0.462 e. The van der Waals surface area contributed by atoms with Gasteiger partial charge in [0.15, 0.2) is 0 Å². The topological polar surface area (TPSA) is 26.3 Å². The fraction of sp³-hybridized carbons (Fsp3) is 0.933. The van der Waals surface area contributed by atoms with Crippen LogP contribution in [0.4, 0.5) is 0 Å². The number of carbonyl (C=O) groups excluding carboxylic acids is 1. The van der Waals surface area contributed by atoms with Gasteiger partial charge in [-0.05, 0) is 49.5 Å². The number of hydrogen-bond acceptors (Lipinski definition) is 3. The second-order valence-corrected chi connectivity index (χ2v) is 6.81. The lowest BCUT2D eigenvalue weighted by molar-refractivity contribution is -0.152. The molecule has 0 radical (unpaired) electrons. The van der Waals surface area contributed by atoms with Crippen LogP contribution < -0.4 is 0 Å². The van der Waals surface area contributed by atoms with Crippen molar-refractivity contribution in [1.82, 2.24) is 0 Å². The minimum absolute atomic E-state index is 0.0308. The van der Waals surface area contributed by atoms with E-state index in [4.69, 9.17) is 4.74 Å². The zero-order chi connectivity index (χ0) is 12.8. The van der Waals surface area contributed by atoms with Gasteiger partial charge < -0.3 is 4.74 Å². The van der Waals surface area contributed by atoms with E-state index in [1.807, 2.05) is 0 Å². The van der Waals surface area contributed by atoms with Crippen LogP contribution in [0.15, 0.2) is 0 Å². The molecule has 0 aromatic heterocycles. The van der Waals surface area contributed by atoms with Crippen molar-refractivity contribution >= 4 is 17.7 Å². The molecule has 0 spiro atoms. The monoisotopic (exact) mass is 270 g/mol. The van der Waals surface area contributed by atoms with E-state index < -0.39 is 0 Å². The number of ether oxygens (including phenoxy) is 1. The van der Waals surface area contributed by atoms with Crippen molar-refractivity contribution < 1.29 is 9.53 Å². The van der Waals surface area contributed by atoms with E-state index in [0.29, 0.717) is 6.42 Å². The summed E-state index contributed by atoms with van der Waals surface area (Å²) >= 11 is 1.80. The van der Waals surface area contributed by atoms with Gasteiger partial charge in [0.05, 0.1) is 0 Å². The number of fused-ring (bicyclic) bond motifs is 1. The summed E-state index contributed by atoms with van der Waals surface area (Å²) < 4.78 is 5.64. The third kappa shape index (κ3) is 4.18. The molecule has 0 saturated heterocycles. The number of thioether (sulfide) groups is 1. The van der Waals surface area contributed by atoms with E-state index in [1.54, 1.807) is 11.8 Å². The molecule has 0 amide bonds. The highest BCUT2D eigenvalue weighted by molar-refractivity contribution is 7.98. The first-order valence-electron chi connectivity index (χ1n) is 7.48. The average molecular weight is 270 g/mol. The van der Waals surface area contributed by atoms with Crippen molar-refractivity contribution in [2.24, 2.45) is 11.8 Å². The molecule has 104 valence electrons. The third-order valence-electron chi connectivity index (χ3n) is 4.52. The molecule has 0 N–H and O–H groups in total. The van der Waals surface area contributed by atoms with E-state index in [2.05, 4.69) is 6.26 Å². The molecule has 0 unspecified atom stereocenters. The SMILES string of the molecule is CSCCCC(=O)O[C@@H]1CC[C@H]2CCCC[C@H]2C1. The summed E-state index contributed by atoms with van der Waals surface area (Å²) in [6.07, 6.45) is 13.0. The number of esters is 1. The highest BCUT2D eigenvalue weighted by atomic mass is 32.2. The molecule has 2 saturated carbocycles. The zero-order valence-corrected chi connectivity index (χ0v) is 12.3. The second-order valence-electron chi connectivity index (χ2n) is 5.83. The van der Waals surface area contributed by atoms with Crippen LogP contribution in [-0.4, -0.2) is 24.1 Å². The molecule has 3 atom stereocenters. The van der Waals surface area contributed by atoms with Crippen LogP contribution in [0.3, 0.4) is 0 Å². The van der Waals surface area contributed by atoms with Gasteiger partial charge in [-0.15, -0.1) is 0 Å². The number of carbonyl (C=O) groups is 1. The quantitative estimate of drug-likeness (QED) is 0.557. The Balaban J connectivity index is 1.69. The summed E-state index contributed by atoms with van der Waals surface area (Å²) in [6, 6.07) is 0. The van der Waals surface area contributed by atoms with Crippen LogP contribution in [0, 0.1) is 11.8 Å². The van der Waals surface area contributed by atoms with Crippen LogP contribution in [0.25, 0.3) is 0 Å². The van der Waals surface area contributed by atoms with Crippen LogP contribution in [0.5, 0.6) is 0 Å². The standard InChI is InChI=1S/C15H26O2S/c1-18-10-4-7-15(16)17-14-9-8-12-5-2-3-6-13(12)11-14/h12-14H,2-11H2,1H3/t12-,13+,14-/m1/s1. The zero-order valence-electron chi connectivity index (χ0n) is 11.5. The molecule has 2 aliphatic carbocycles. The lowest BCUT2D eigenvalue weighted by atomic mass is 9.70. The van der Waals surface area contributed by atoms with Gasteiger partial charge in [-0.1, -0.05) is 25.7 Å². The summed E-state index contributed by atoms with van der Waals surface area (Å²) in [7, 11) is 0. The second kappa shape index (κ2) is 7.42. The van der Waals surface area contributed by atoms with Crippen molar-refractivity contribution in [2.45, 2.75) is 63.9 Å². The van der Waals surface area contributed by atoms with E-state index >= 15 is 0 Å². The third-order valence-corrected chi connectivity index (χ3v) is 5.22. The Hall–Kier alpha value is -0.180. The molecule has 2 rings (SSSR count). The summed E-state index contributed by atoms with van der Waals surface area (Å²) in [5.41, 5.74) is 0. The van der Waals surface area contributed by atoms with Crippen LogP contribution in [0.2, 0.25) is 0 Å². The van der Waals surface area contributed by atoms with Gasteiger partial charge in [-0.25, -0.2) is 0 Å². The fourth-order valence-corrected chi connectivity index (χ4v) is 3.98. The molecule has 2 nitrogen and oxygen atoms in total. The van der Waals surface area contributed by atoms with Gasteiger partial charge >= 0.3 is 5.97 Å². The maximum atomic E-state index is 11.7. The van der Waals surface area contributed by atoms with Gasteiger partial charge in [0, 0.05) is 6.42 Å². The molecule has 2 aliphatic rings. The van der Waals surface area contributed by atoms with E-state index in [9.17, 15) is 4.79 Å².